The number of aliphatic carboxylic acids is 1. The quantitative estimate of drug-likeness (QED) is 0.700. The fourth-order valence-electron chi connectivity index (χ4n) is 2.64. The number of thioether (sulfide) groups is 1. The van der Waals surface area contributed by atoms with Gasteiger partial charge in [-0.15, -0.1) is 0 Å². The molecule has 7 heteroatoms. The van der Waals surface area contributed by atoms with Crippen molar-refractivity contribution in [3.05, 3.63) is 64.6 Å². The van der Waals surface area contributed by atoms with E-state index in [-0.39, 0.29) is 24.2 Å². The zero-order valence-electron chi connectivity index (χ0n) is 15.3. The van der Waals surface area contributed by atoms with Crippen molar-refractivity contribution in [1.82, 2.24) is 0 Å². The van der Waals surface area contributed by atoms with Gasteiger partial charge in [-0.3, -0.25) is 14.4 Å². The molecule has 0 saturated carbocycles. The van der Waals surface area contributed by atoms with Crippen molar-refractivity contribution in [2.75, 3.05) is 11.5 Å². The van der Waals surface area contributed by atoms with Gasteiger partial charge >= 0.3 is 5.97 Å². The first-order valence-electron chi connectivity index (χ1n) is 8.79. The summed E-state index contributed by atoms with van der Waals surface area (Å²) in [7, 11) is 0. The van der Waals surface area contributed by atoms with Crippen LogP contribution in [0.5, 0.6) is 5.75 Å². The predicted octanol–water partition coefficient (Wildman–Crippen LogP) is 4.34. The fraction of sp³-hybridized carbons (Fsp3) is 0.190. The molecule has 0 spiro atoms. The first-order chi connectivity index (χ1) is 13.5. The van der Waals surface area contributed by atoms with E-state index in [0.29, 0.717) is 16.3 Å². The Morgan fingerprint density at radius 3 is 2.39 bits per heavy atom. The summed E-state index contributed by atoms with van der Waals surface area (Å²) in [6, 6.07) is 14.3. The normalized spacial score (nSPS) is 15.3. The van der Waals surface area contributed by atoms with E-state index in [1.807, 2.05) is 19.1 Å². The second-order valence-corrected chi connectivity index (χ2v) is 7.09. The zero-order valence-corrected chi connectivity index (χ0v) is 16.1. The van der Waals surface area contributed by atoms with Gasteiger partial charge in [0.05, 0.1) is 23.6 Å². The van der Waals surface area contributed by atoms with Gasteiger partial charge in [0, 0.05) is 0 Å². The van der Waals surface area contributed by atoms with Crippen LogP contribution in [0.25, 0.3) is 6.08 Å². The molecule has 0 aliphatic carbocycles. The molecular formula is C21H19NO5S. The minimum absolute atomic E-state index is 0.0753. The van der Waals surface area contributed by atoms with Crippen molar-refractivity contribution in [3.63, 3.8) is 0 Å². The Balaban J connectivity index is 1.71. The van der Waals surface area contributed by atoms with E-state index in [0.717, 1.165) is 29.3 Å². The Bertz CT molecular complexity index is 919. The van der Waals surface area contributed by atoms with Gasteiger partial charge in [0.25, 0.3) is 11.1 Å². The Hall–Kier alpha value is -3.06. The number of ether oxygens (including phenoxy) is 1. The summed E-state index contributed by atoms with van der Waals surface area (Å²) < 4.78 is 5.34. The van der Waals surface area contributed by atoms with Gasteiger partial charge in [-0.1, -0.05) is 31.2 Å². The standard InChI is InChI=1S/C21H19NO5S/c1-2-14-3-7-16(8-4-14)22-20(25)18(28-21(22)26)13-15-5-9-17(10-6-15)27-12-11-19(23)24/h3-10,13H,2,11-12H2,1H3,(H,23,24)/b18-13+. The van der Waals surface area contributed by atoms with Gasteiger partial charge in [0.1, 0.15) is 5.75 Å². The van der Waals surface area contributed by atoms with Crippen molar-refractivity contribution in [2.45, 2.75) is 19.8 Å². The van der Waals surface area contributed by atoms with E-state index in [9.17, 15) is 14.4 Å². The Morgan fingerprint density at radius 2 is 1.79 bits per heavy atom. The van der Waals surface area contributed by atoms with E-state index in [1.54, 1.807) is 42.5 Å². The summed E-state index contributed by atoms with van der Waals surface area (Å²) in [4.78, 5) is 37.0. The number of benzene rings is 2. The molecule has 1 N–H and O–H groups in total. The van der Waals surface area contributed by atoms with E-state index < -0.39 is 5.97 Å². The van der Waals surface area contributed by atoms with Crippen molar-refractivity contribution < 1.29 is 24.2 Å². The number of carboxylic acids is 1. The number of nitrogens with zero attached hydrogens (tertiary/aromatic N) is 1. The molecule has 144 valence electrons. The minimum atomic E-state index is -0.920. The van der Waals surface area contributed by atoms with E-state index >= 15 is 0 Å². The average molecular weight is 397 g/mol. The van der Waals surface area contributed by atoms with E-state index in [1.165, 1.54) is 4.90 Å². The summed E-state index contributed by atoms with van der Waals surface area (Å²) in [5.74, 6) is -0.722. The average Bonchev–Trinajstić information content (AvgIpc) is 2.96. The maximum absolute atomic E-state index is 12.7. The van der Waals surface area contributed by atoms with Gasteiger partial charge in [0.2, 0.25) is 0 Å². The molecule has 3 rings (SSSR count). The summed E-state index contributed by atoms with van der Waals surface area (Å²) in [5, 5.41) is 8.29. The highest BCUT2D eigenvalue weighted by atomic mass is 32.2. The summed E-state index contributed by atoms with van der Waals surface area (Å²) in [6.45, 7) is 2.13. The number of amides is 2. The lowest BCUT2D eigenvalue weighted by molar-refractivity contribution is -0.137. The third-order valence-corrected chi connectivity index (χ3v) is 5.03. The molecule has 6 nitrogen and oxygen atoms in total. The molecule has 1 heterocycles. The molecule has 1 aliphatic rings. The third kappa shape index (κ3) is 4.61. The highest BCUT2D eigenvalue weighted by molar-refractivity contribution is 8.19. The van der Waals surface area contributed by atoms with Crippen LogP contribution in [0.4, 0.5) is 10.5 Å². The molecule has 0 radical (unpaired) electrons. The van der Waals surface area contributed by atoms with Crippen molar-refractivity contribution in [1.29, 1.82) is 0 Å². The SMILES string of the molecule is CCc1ccc(N2C(=O)S/C(=C/c3ccc(OCCC(=O)O)cc3)C2=O)cc1. The summed E-state index contributed by atoms with van der Waals surface area (Å²) >= 11 is 0.905. The molecule has 0 atom stereocenters. The fourth-order valence-corrected chi connectivity index (χ4v) is 3.48. The van der Waals surface area contributed by atoms with Gasteiger partial charge in [-0.25, -0.2) is 4.90 Å². The molecule has 0 aromatic heterocycles. The van der Waals surface area contributed by atoms with Crippen LogP contribution >= 0.6 is 11.8 Å². The van der Waals surface area contributed by atoms with Crippen LogP contribution in [0.1, 0.15) is 24.5 Å². The maximum Gasteiger partial charge on any atom is 0.306 e. The van der Waals surface area contributed by atoms with E-state index in [2.05, 4.69) is 0 Å². The Labute approximate surface area is 166 Å². The molecule has 0 bridgehead atoms. The Morgan fingerprint density at radius 1 is 1.11 bits per heavy atom. The lowest BCUT2D eigenvalue weighted by Crippen LogP contribution is -2.27. The Kier molecular flexibility index (Phi) is 6.16. The molecule has 1 aliphatic heterocycles. The van der Waals surface area contributed by atoms with Crippen LogP contribution in [0.3, 0.4) is 0 Å². The number of hydrogen-bond donors (Lipinski definition) is 1. The van der Waals surface area contributed by atoms with Crippen LogP contribution in [-0.2, 0) is 16.0 Å². The van der Waals surface area contributed by atoms with Crippen molar-refractivity contribution in [3.8, 4) is 5.75 Å². The summed E-state index contributed by atoms with van der Waals surface area (Å²) in [5.41, 5.74) is 2.44. The number of imide groups is 1. The first kappa shape index (κ1) is 19.7. The maximum atomic E-state index is 12.7. The highest BCUT2D eigenvalue weighted by Crippen LogP contribution is 2.35. The topological polar surface area (TPSA) is 83.9 Å². The zero-order chi connectivity index (χ0) is 20.1. The van der Waals surface area contributed by atoms with Gasteiger partial charge in [-0.05, 0) is 59.7 Å². The molecule has 1 fully saturated rings. The number of carbonyl (C=O) groups is 3. The third-order valence-electron chi connectivity index (χ3n) is 4.16. The molecular weight excluding hydrogens is 378 g/mol. The molecule has 0 unspecified atom stereocenters. The molecule has 2 aromatic carbocycles. The molecule has 28 heavy (non-hydrogen) atoms. The number of hydrogen-bond acceptors (Lipinski definition) is 5. The van der Waals surface area contributed by atoms with Crippen LogP contribution in [0.2, 0.25) is 0 Å². The molecule has 2 amide bonds. The lowest BCUT2D eigenvalue weighted by atomic mass is 10.1. The largest absolute Gasteiger partial charge is 0.493 e. The first-order valence-corrected chi connectivity index (χ1v) is 9.61. The van der Waals surface area contributed by atoms with Crippen molar-refractivity contribution >= 4 is 40.6 Å². The smallest absolute Gasteiger partial charge is 0.306 e. The monoisotopic (exact) mass is 397 g/mol. The second-order valence-electron chi connectivity index (χ2n) is 6.10. The van der Waals surface area contributed by atoms with Gasteiger partial charge in [0.15, 0.2) is 0 Å². The van der Waals surface area contributed by atoms with Crippen molar-refractivity contribution in [2.24, 2.45) is 0 Å². The number of anilines is 1. The van der Waals surface area contributed by atoms with Crippen LogP contribution < -0.4 is 9.64 Å². The number of rotatable bonds is 7. The van der Waals surface area contributed by atoms with Gasteiger partial charge < -0.3 is 9.84 Å². The van der Waals surface area contributed by atoms with Gasteiger partial charge in [-0.2, -0.15) is 0 Å². The second kappa shape index (κ2) is 8.75. The number of carboxylic acid groups (broad SMARTS) is 1. The minimum Gasteiger partial charge on any atom is -0.493 e. The molecule has 1 saturated heterocycles. The predicted molar refractivity (Wildman–Crippen MR) is 108 cm³/mol. The summed E-state index contributed by atoms with van der Waals surface area (Å²) in [6.07, 6.45) is 2.47. The lowest BCUT2D eigenvalue weighted by Gasteiger charge is -2.12. The van der Waals surface area contributed by atoms with Crippen LogP contribution in [-0.4, -0.2) is 28.8 Å². The number of carbonyl (C=O) groups excluding carboxylic acids is 2. The highest BCUT2D eigenvalue weighted by Gasteiger charge is 2.36. The van der Waals surface area contributed by atoms with Crippen LogP contribution in [0.15, 0.2) is 53.4 Å². The van der Waals surface area contributed by atoms with Crippen LogP contribution in [0, 0.1) is 0 Å². The number of aryl methyl sites for hydroxylation is 1. The van der Waals surface area contributed by atoms with E-state index in [4.69, 9.17) is 9.84 Å². The molecule has 2 aromatic rings.